The average molecular weight is 653 g/mol. The minimum atomic E-state index is -0.313. The van der Waals surface area contributed by atoms with Crippen molar-refractivity contribution in [3.63, 3.8) is 0 Å². The SMILES string of the molecule is CC12C=CC=C(c3ccccc3)C1c1ccccc1N2c1ccccc1-c1ccccc1-n1c2ccccc2c2c(-c3ccccc3)cccc21. The number of fused-ring (bicyclic) bond motifs is 6. The third-order valence-corrected chi connectivity index (χ3v) is 11.0. The van der Waals surface area contributed by atoms with Gasteiger partial charge in [0.2, 0.25) is 0 Å². The van der Waals surface area contributed by atoms with Gasteiger partial charge >= 0.3 is 0 Å². The Bertz CT molecular complexity index is 2660. The van der Waals surface area contributed by atoms with Crippen molar-refractivity contribution in [2.45, 2.75) is 18.4 Å². The van der Waals surface area contributed by atoms with Crippen LogP contribution >= 0.6 is 0 Å². The van der Waals surface area contributed by atoms with Crippen LogP contribution in [0, 0.1) is 0 Å². The molecule has 0 radical (unpaired) electrons. The molecule has 7 aromatic carbocycles. The molecule has 2 nitrogen and oxygen atoms in total. The van der Waals surface area contributed by atoms with Crippen LogP contribution in [0.15, 0.2) is 194 Å². The normalized spacial score (nSPS) is 17.8. The Morgan fingerprint density at radius 3 is 1.82 bits per heavy atom. The van der Waals surface area contributed by atoms with Crippen LogP contribution in [0.3, 0.4) is 0 Å². The molecule has 2 unspecified atom stereocenters. The summed E-state index contributed by atoms with van der Waals surface area (Å²) in [5.41, 5.74) is 14.6. The molecule has 1 aliphatic heterocycles. The Labute approximate surface area is 298 Å². The van der Waals surface area contributed by atoms with Gasteiger partial charge in [0.1, 0.15) is 0 Å². The fourth-order valence-electron chi connectivity index (χ4n) is 8.95. The number of para-hydroxylation sites is 4. The van der Waals surface area contributed by atoms with E-state index in [4.69, 9.17) is 0 Å². The first-order valence-electron chi connectivity index (χ1n) is 17.8. The van der Waals surface area contributed by atoms with Gasteiger partial charge in [-0.15, -0.1) is 0 Å². The first kappa shape index (κ1) is 29.5. The van der Waals surface area contributed by atoms with Crippen molar-refractivity contribution < 1.29 is 0 Å². The van der Waals surface area contributed by atoms with Crippen LogP contribution in [0.5, 0.6) is 0 Å². The van der Waals surface area contributed by atoms with E-state index in [1.165, 1.54) is 77.8 Å². The van der Waals surface area contributed by atoms with E-state index < -0.39 is 0 Å². The second-order valence-electron chi connectivity index (χ2n) is 13.9. The van der Waals surface area contributed by atoms with Gasteiger partial charge in [-0.25, -0.2) is 0 Å². The lowest BCUT2D eigenvalue weighted by Gasteiger charge is -2.42. The van der Waals surface area contributed by atoms with Gasteiger partial charge in [-0.2, -0.15) is 0 Å². The maximum absolute atomic E-state index is 2.60. The first-order valence-corrected chi connectivity index (χ1v) is 17.8. The summed E-state index contributed by atoms with van der Waals surface area (Å²) in [4.78, 5) is 2.60. The van der Waals surface area contributed by atoms with Gasteiger partial charge in [-0.3, -0.25) is 0 Å². The molecule has 10 rings (SSSR count). The number of benzene rings is 7. The van der Waals surface area contributed by atoms with Crippen LogP contribution in [-0.4, -0.2) is 10.1 Å². The molecule has 0 saturated carbocycles. The quantitative estimate of drug-likeness (QED) is 0.180. The topological polar surface area (TPSA) is 8.17 Å². The minimum Gasteiger partial charge on any atom is -0.330 e. The van der Waals surface area contributed by atoms with E-state index >= 15 is 0 Å². The summed E-state index contributed by atoms with van der Waals surface area (Å²) >= 11 is 0. The highest BCUT2D eigenvalue weighted by Crippen LogP contribution is 2.59. The average Bonchev–Trinajstić information content (AvgIpc) is 3.68. The lowest BCUT2D eigenvalue weighted by atomic mass is 9.73. The maximum Gasteiger partial charge on any atom is 0.0718 e. The van der Waals surface area contributed by atoms with E-state index in [-0.39, 0.29) is 11.5 Å². The molecule has 0 fully saturated rings. The molecule has 51 heavy (non-hydrogen) atoms. The van der Waals surface area contributed by atoms with Crippen molar-refractivity contribution in [3.05, 3.63) is 205 Å². The summed E-state index contributed by atoms with van der Waals surface area (Å²) < 4.78 is 2.47. The van der Waals surface area contributed by atoms with Crippen molar-refractivity contribution in [1.29, 1.82) is 0 Å². The molecule has 1 aromatic heterocycles. The van der Waals surface area contributed by atoms with Crippen molar-refractivity contribution in [2.75, 3.05) is 4.90 Å². The Kier molecular flexibility index (Phi) is 6.72. The Morgan fingerprint density at radius 2 is 1.04 bits per heavy atom. The first-order chi connectivity index (χ1) is 25.2. The second kappa shape index (κ2) is 11.6. The van der Waals surface area contributed by atoms with Crippen molar-refractivity contribution in [2.24, 2.45) is 0 Å². The summed E-state index contributed by atoms with van der Waals surface area (Å²) in [5.74, 6) is 0.179. The highest BCUT2D eigenvalue weighted by molar-refractivity contribution is 6.16. The molecule has 8 aromatic rings. The maximum atomic E-state index is 2.60. The van der Waals surface area contributed by atoms with Crippen LogP contribution in [-0.2, 0) is 0 Å². The number of allylic oxidation sites excluding steroid dienone is 2. The molecular formula is C49H36N2. The van der Waals surface area contributed by atoms with Crippen LogP contribution in [0.1, 0.15) is 24.0 Å². The van der Waals surface area contributed by atoms with Gasteiger partial charge in [0.25, 0.3) is 0 Å². The molecule has 0 saturated heterocycles. The smallest absolute Gasteiger partial charge is 0.0718 e. The third kappa shape index (κ3) is 4.43. The zero-order valence-electron chi connectivity index (χ0n) is 28.4. The summed E-state index contributed by atoms with van der Waals surface area (Å²) in [5, 5.41) is 2.53. The lowest BCUT2D eigenvalue weighted by Crippen LogP contribution is -2.43. The Morgan fingerprint density at radius 1 is 0.471 bits per heavy atom. The van der Waals surface area contributed by atoms with Crippen LogP contribution < -0.4 is 4.90 Å². The van der Waals surface area contributed by atoms with Crippen LogP contribution in [0.2, 0.25) is 0 Å². The summed E-state index contributed by atoms with van der Waals surface area (Å²) in [6, 6.07) is 64.2. The number of nitrogens with zero attached hydrogens (tertiary/aromatic N) is 2. The zero-order chi connectivity index (χ0) is 33.9. The molecule has 2 heterocycles. The predicted octanol–water partition coefficient (Wildman–Crippen LogP) is 12.8. The summed E-state index contributed by atoms with van der Waals surface area (Å²) in [6.45, 7) is 2.41. The Balaban J connectivity index is 1.20. The van der Waals surface area contributed by atoms with Crippen LogP contribution in [0.4, 0.5) is 11.4 Å². The second-order valence-corrected chi connectivity index (χ2v) is 13.9. The molecule has 242 valence electrons. The molecule has 0 spiro atoms. The molecule has 2 aliphatic rings. The largest absolute Gasteiger partial charge is 0.330 e. The molecule has 0 amide bonds. The molecular weight excluding hydrogens is 617 g/mol. The predicted molar refractivity (Wildman–Crippen MR) is 215 cm³/mol. The monoisotopic (exact) mass is 652 g/mol. The molecule has 0 bridgehead atoms. The zero-order valence-corrected chi connectivity index (χ0v) is 28.4. The number of rotatable bonds is 5. The van der Waals surface area contributed by atoms with E-state index in [9.17, 15) is 0 Å². The molecule has 0 N–H and O–H groups in total. The summed E-state index contributed by atoms with van der Waals surface area (Å²) in [7, 11) is 0. The summed E-state index contributed by atoms with van der Waals surface area (Å²) in [6.07, 6.45) is 6.98. The van der Waals surface area contributed by atoms with Crippen molar-refractivity contribution in [1.82, 2.24) is 4.57 Å². The van der Waals surface area contributed by atoms with Gasteiger partial charge in [0, 0.05) is 39.2 Å². The number of aromatic nitrogens is 1. The van der Waals surface area contributed by atoms with E-state index in [2.05, 4.69) is 211 Å². The third-order valence-electron chi connectivity index (χ3n) is 11.0. The fourth-order valence-corrected chi connectivity index (χ4v) is 8.95. The van der Waals surface area contributed by atoms with Gasteiger partial charge in [-0.05, 0) is 65.1 Å². The number of hydrogen-bond donors (Lipinski definition) is 0. The standard InChI is InChI=1S/C49H36N2/c1-49-33-17-27-37(35-20-6-3-7-21-35)48(49)41-25-11-15-31-45(41)51(49)44-30-14-9-23-39(44)38-22-8-12-28-42(38)50-43-29-13-10-24-40(43)47-36(26-16-32-46(47)50)34-18-4-2-5-19-34/h2-33,48H,1H3. The van der Waals surface area contributed by atoms with Gasteiger partial charge in [0.15, 0.2) is 0 Å². The van der Waals surface area contributed by atoms with E-state index in [1.54, 1.807) is 0 Å². The van der Waals surface area contributed by atoms with E-state index in [0.29, 0.717) is 0 Å². The van der Waals surface area contributed by atoms with Gasteiger partial charge < -0.3 is 9.47 Å². The van der Waals surface area contributed by atoms with Crippen molar-refractivity contribution in [3.8, 4) is 27.9 Å². The molecule has 2 heteroatoms. The fraction of sp³-hybridized carbons (Fsp3) is 0.0612. The highest BCUT2D eigenvalue weighted by atomic mass is 15.2. The molecule has 2 atom stereocenters. The van der Waals surface area contributed by atoms with E-state index in [0.717, 1.165) is 0 Å². The minimum absolute atomic E-state index is 0.179. The highest BCUT2D eigenvalue weighted by Gasteiger charge is 2.50. The number of hydrogen-bond acceptors (Lipinski definition) is 1. The Hall–Kier alpha value is -6.38. The lowest BCUT2D eigenvalue weighted by molar-refractivity contribution is 0.552. The molecule has 1 aliphatic carbocycles. The van der Waals surface area contributed by atoms with Crippen LogP contribution in [0.25, 0.3) is 55.3 Å². The van der Waals surface area contributed by atoms with E-state index in [1.807, 2.05) is 0 Å². The van der Waals surface area contributed by atoms with Gasteiger partial charge in [0.05, 0.1) is 22.3 Å². The van der Waals surface area contributed by atoms with Gasteiger partial charge in [-0.1, -0.05) is 164 Å². The van der Waals surface area contributed by atoms with Crippen molar-refractivity contribution >= 4 is 38.8 Å². The number of anilines is 2.